The molecule has 0 fully saturated rings. The molecule has 1 amide bonds. The van der Waals surface area contributed by atoms with Gasteiger partial charge in [-0.2, -0.15) is 5.26 Å². The molecule has 0 heterocycles. The molecule has 0 radical (unpaired) electrons. The predicted octanol–water partition coefficient (Wildman–Crippen LogP) is 1.84. The van der Waals surface area contributed by atoms with Gasteiger partial charge in [0.25, 0.3) is 5.91 Å². The molecule has 18 heavy (non-hydrogen) atoms. The molecular formula is C14H18N2O2. The standard InChI is InChI=1S/C14H18N2O2/c1-3-14(2,7-8-17)16-13(18)12-6-4-5-11(9-12)10-15/h4-6,9,17H,3,7-8H2,1-2H3,(H,16,18). The first-order valence-corrected chi connectivity index (χ1v) is 5.98. The minimum Gasteiger partial charge on any atom is -0.396 e. The molecule has 4 heteroatoms. The summed E-state index contributed by atoms with van der Waals surface area (Å²) in [6.07, 6.45) is 1.24. The minimum atomic E-state index is -0.422. The summed E-state index contributed by atoms with van der Waals surface area (Å²) >= 11 is 0. The first kappa shape index (κ1) is 14.2. The van der Waals surface area contributed by atoms with Crippen LogP contribution >= 0.6 is 0 Å². The number of aliphatic hydroxyl groups excluding tert-OH is 1. The number of carbonyl (C=O) groups is 1. The molecule has 1 atom stereocenters. The number of hydrogen-bond donors (Lipinski definition) is 2. The topological polar surface area (TPSA) is 73.1 Å². The summed E-state index contributed by atoms with van der Waals surface area (Å²) in [5.41, 5.74) is 0.503. The van der Waals surface area contributed by atoms with Gasteiger partial charge in [0.1, 0.15) is 0 Å². The largest absolute Gasteiger partial charge is 0.396 e. The average Bonchev–Trinajstić information content (AvgIpc) is 2.39. The third-order valence-corrected chi connectivity index (χ3v) is 3.11. The molecule has 96 valence electrons. The quantitative estimate of drug-likeness (QED) is 0.832. The van der Waals surface area contributed by atoms with Crippen molar-refractivity contribution in [2.45, 2.75) is 32.2 Å². The van der Waals surface area contributed by atoms with E-state index < -0.39 is 5.54 Å². The molecule has 0 aromatic heterocycles. The summed E-state index contributed by atoms with van der Waals surface area (Å²) in [6, 6.07) is 8.58. The zero-order chi connectivity index (χ0) is 13.6. The van der Waals surface area contributed by atoms with E-state index in [0.29, 0.717) is 17.5 Å². The van der Waals surface area contributed by atoms with Gasteiger partial charge < -0.3 is 10.4 Å². The van der Waals surface area contributed by atoms with Gasteiger partial charge in [-0.3, -0.25) is 4.79 Å². The van der Waals surface area contributed by atoms with Gasteiger partial charge in [-0.1, -0.05) is 13.0 Å². The summed E-state index contributed by atoms with van der Waals surface area (Å²) < 4.78 is 0. The van der Waals surface area contributed by atoms with Crippen LogP contribution in [0.4, 0.5) is 0 Å². The van der Waals surface area contributed by atoms with Crippen molar-refractivity contribution in [3.63, 3.8) is 0 Å². The molecule has 4 nitrogen and oxygen atoms in total. The Hall–Kier alpha value is -1.86. The molecule has 0 aliphatic heterocycles. The summed E-state index contributed by atoms with van der Waals surface area (Å²) in [5.74, 6) is -0.218. The van der Waals surface area contributed by atoms with Crippen LogP contribution in [0.3, 0.4) is 0 Å². The van der Waals surface area contributed by atoms with Crippen molar-refractivity contribution in [2.24, 2.45) is 0 Å². The third kappa shape index (κ3) is 3.57. The smallest absolute Gasteiger partial charge is 0.251 e. The lowest BCUT2D eigenvalue weighted by Gasteiger charge is -2.29. The van der Waals surface area contributed by atoms with Gasteiger partial charge >= 0.3 is 0 Å². The third-order valence-electron chi connectivity index (χ3n) is 3.11. The van der Waals surface area contributed by atoms with Gasteiger partial charge in [0.2, 0.25) is 0 Å². The van der Waals surface area contributed by atoms with Gasteiger partial charge in [0, 0.05) is 17.7 Å². The van der Waals surface area contributed by atoms with E-state index in [4.69, 9.17) is 10.4 Å². The second kappa shape index (κ2) is 6.18. The molecule has 0 saturated heterocycles. The van der Waals surface area contributed by atoms with E-state index in [1.807, 2.05) is 19.9 Å². The average molecular weight is 246 g/mol. The molecule has 2 N–H and O–H groups in total. The number of aliphatic hydroxyl groups is 1. The predicted molar refractivity (Wildman–Crippen MR) is 69.0 cm³/mol. The summed E-state index contributed by atoms with van der Waals surface area (Å²) in [5, 5.41) is 20.7. The van der Waals surface area contributed by atoms with E-state index in [-0.39, 0.29) is 12.5 Å². The lowest BCUT2D eigenvalue weighted by molar-refractivity contribution is 0.0886. The van der Waals surface area contributed by atoms with Crippen LogP contribution in [0.2, 0.25) is 0 Å². The van der Waals surface area contributed by atoms with Crippen LogP contribution in [-0.2, 0) is 0 Å². The second-order valence-electron chi connectivity index (χ2n) is 4.53. The van der Waals surface area contributed by atoms with Crippen molar-refractivity contribution in [2.75, 3.05) is 6.61 Å². The van der Waals surface area contributed by atoms with Gasteiger partial charge in [-0.05, 0) is 38.0 Å². The summed E-state index contributed by atoms with van der Waals surface area (Å²) in [6.45, 7) is 3.89. The van der Waals surface area contributed by atoms with Crippen LogP contribution in [-0.4, -0.2) is 23.2 Å². The molecule has 1 aromatic carbocycles. The van der Waals surface area contributed by atoms with Crippen molar-refractivity contribution in [1.82, 2.24) is 5.32 Å². The van der Waals surface area contributed by atoms with E-state index in [2.05, 4.69) is 5.32 Å². The number of benzene rings is 1. The zero-order valence-corrected chi connectivity index (χ0v) is 10.7. The Balaban J connectivity index is 2.84. The number of hydrogen-bond acceptors (Lipinski definition) is 3. The highest BCUT2D eigenvalue weighted by molar-refractivity contribution is 5.95. The van der Waals surface area contributed by atoms with Crippen LogP contribution < -0.4 is 5.32 Å². The first-order valence-electron chi connectivity index (χ1n) is 5.98. The Bertz CT molecular complexity index is 465. The zero-order valence-electron chi connectivity index (χ0n) is 10.7. The fraction of sp³-hybridized carbons (Fsp3) is 0.429. The highest BCUT2D eigenvalue weighted by atomic mass is 16.3. The maximum Gasteiger partial charge on any atom is 0.251 e. The Morgan fingerprint density at radius 1 is 1.56 bits per heavy atom. The van der Waals surface area contributed by atoms with Crippen molar-refractivity contribution in [3.05, 3.63) is 35.4 Å². The van der Waals surface area contributed by atoms with Crippen LogP contribution in [0.25, 0.3) is 0 Å². The summed E-state index contributed by atoms with van der Waals surface area (Å²) in [4.78, 5) is 12.1. The normalized spacial score (nSPS) is 13.4. The van der Waals surface area contributed by atoms with Crippen LogP contribution in [0, 0.1) is 11.3 Å². The monoisotopic (exact) mass is 246 g/mol. The number of nitriles is 1. The lowest BCUT2D eigenvalue weighted by atomic mass is 9.94. The number of nitrogens with zero attached hydrogens (tertiary/aromatic N) is 1. The van der Waals surface area contributed by atoms with Crippen molar-refractivity contribution in [3.8, 4) is 6.07 Å². The number of nitrogens with one attached hydrogen (secondary N) is 1. The maximum atomic E-state index is 12.1. The van der Waals surface area contributed by atoms with Gasteiger partial charge in [0.15, 0.2) is 0 Å². The molecule has 1 rings (SSSR count). The molecule has 0 aliphatic carbocycles. The van der Waals surface area contributed by atoms with Gasteiger partial charge in [-0.25, -0.2) is 0 Å². The Morgan fingerprint density at radius 3 is 2.83 bits per heavy atom. The van der Waals surface area contributed by atoms with Gasteiger partial charge in [0.05, 0.1) is 11.6 Å². The number of amides is 1. The van der Waals surface area contributed by atoms with E-state index in [9.17, 15) is 4.79 Å². The molecule has 0 spiro atoms. The Morgan fingerprint density at radius 2 is 2.28 bits per heavy atom. The van der Waals surface area contributed by atoms with Crippen molar-refractivity contribution in [1.29, 1.82) is 5.26 Å². The lowest BCUT2D eigenvalue weighted by Crippen LogP contribution is -2.46. The fourth-order valence-corrected chi connectivity index (χ4v) is 1.65. The highest BCUT2D eigenvalue weighted by Crippen LogP contribution is 2.15. The molecule has 0 aliphatic rings. The van der Waals surface area contributed by atoms with Crippen LogP contribution in [0.15, 0.2) is 24.3 Å². The summed E-state index contributed by atoms with van der Waals surface area (Å²) in [7, 11) is 0. The van der Waals surface area contributed by atoms with Gasteiger partial charge in [-0.15, -0.1) is 0 Å². The first-order chi connectivity index (χ1) is 8.54. The van der Waals surface area contributed by atoms with Crippen molar-refractivity contribution < 1.29 is 9.90 Å². The van der Waals surface area contributed by atoms with Crippen LogP contribution in [0.1, 0.15) is 42.6 Å². The molecule has 0 bridgehead atoms. The number of rotatable bonds is 5. The van der Waals surface area contributed by atoms with E-state index >= 15 is 0 Å². The molecule has 1 unspecified atom stereocenters. The second-order valence-corrected chi connectivity index (χ2v) is 4.53. The highest BCUT2D eigenvalue weighted by Gasteiger charge is 2.24. The molecular weight excluding hydrogens is 228 g/mol. The maximum absolute atomic E-state index is 12.1. The Labute approximate surface area is 107 Å². The number of carbonyl (C=O) groups excluding carboxylic acids is 1. The fourth-order valence-electron chi connectivity index (χ4n) is 1.65. The molecule has 0 saturated carbocycles. The van der Waals surface area contributed by atoms with E-state index in [1.165, 1.54) is 0 Å². The van der Waals surface area contributed by atoms with E-state index in [1.54, 1.807) is 24.3 Å². The molecule has 1 aromatic rings. The van der Waals surface area contributed by atoms with E-state index in [0.717, 1.165) is 6.42 Å². The van der Waals surface area contributed by atoms with Crippen molar-refractivity contribution >= 4 is 5.91 Å². The SMILES string of the molecule is CCC(C)(CCO)NC(=O)c1cccc(C#N)c1. The minimum absolute atomic E-state index is 0.0306. The Kier molecular flexibility index (Phi) is 4.87. The van der Waals surface area contributed by atoms with Crippen LogP contribution in [0.5, 0.6) is 0 Å².